The number of imidazole rings is 2. The van der Waals surface area contributed by atoms with E-state index in [4.69, 9.17) is 19.6 Å². The maximum absolute atomic E-state index is 13.7. The fraction of sp³-hybridized carbons (Fsp3) is 0.370. The lowest BCUT2D eigenvalue weighted by Crippen LogP contribution is -2.39. The number of rotatable bonds is 13. The molecule has 2 saturated heterocycles. The van der Waals surface area contributed by atoms with E-state index in [1.807, 2.05) is 78.8 Å². The van der Waals surface area contributed by atoms with Gasteiger partial charge in [0.05, 0.1) is 56.1 Å². The van der Waals surface area contributed by atoms with Gasteiger partial charge in [0.25, 0.3) is 12.9 Å². The second-order valence-corrected chi connectivity index (χ2v) is 17.6. The lowest BCUT2D eigenvalue weighted by Gasteiger charge is -2.28. The highest BCUT2D eigenvalue weighted by Gasteiger charge is 2.41. The molecule has 0 radical (unpaired) electrons. The molecule has 4 unspecified atom stereocenters. The Labute approximate surface area is 399 Å². The fourth-order valence-corrected chi connectivity index (χ4v) is 10.4. The first-order valence-corrected chi connectivity index (χ1v) is 23.5. The zero-order valence-corrected chi connectivity index (χ0v) is 39.7. The number of hydrogen-bond acceptors (Lipinski definition) is 11. The van der Waals surface area contributed by atoms with Gasteiger partial charge in [-0.15, -0.1) is 0 Å². The monoisotopic (exact) mass is 920 g/mol. The van der Waals surface area contributed by atoms with Crippen molar-refractivity contribution in [2.24, 2.45) is 0 Å². The van der Waals surface area contributed by atoms with Gasteiger partial charge >= 0.3 is 0 Å². The fourth-order valence-electron chi connectivity index (χ4n) is 10.4. The second kappa shape index (κ2) is 23.8. The van der Waals surface area contributed by atoms with E-state index in [1.54, 1.807) is 18.2 Å². The summed E-state index contributed by atoms with van der Waals surface area (Å²) < 4.78 is 7.72. The molecule has 2 aliphatic carbocycles. The molecule has 1 saturated carbocycles. The quantitative estimate of drug-likeness (QED) is 0.0817. The average molecular weight is 921 g/mol. The number of amides is 1. The van der Waals surface area contributed by atoms with Crippen molar-refractivity contribution in [1.29, 1.82) is 0 Å². The Kier molecular flexibility index (Phi) is 17.2. The Morgan fingerprint density at radius 3 is 1.76 bits per heavy atom. The Morgan fingerprint density at radius 1 is 0.662 bits per heavy atom. The highest BCUT2D eigenvalue weighted by atomic mass is 16.5. The SMILES string of the molecule is CNC(C=O)c1ccccc1.CN[C@H](C(=O)N1CCC[C@H]1c1ncc(-c2ccc(-c3ccc(-c4cnc(C5CCCN5C)[nH]4)c4c3C3CCC4C3)cc2)[nH]1)c1ccccc1.COC=O.COC=O. The van der Waals surface area contributed by atoms with Gasteiger partial charge in [0.15, 0.2) is 0 Å². The van der Waals surface area contributed by atoms with Crippen molar-refractivity contribution in [3.63, 3.8) is 0 Å². The standard InChI is InChI=1S/C41H45N7O.C9H11NO.2C2H4O2/c1-42-38(27-8-4-3-5-9-27)41(49)48-21-7-11-35(48)40-43-23-32(45-40)26-14-12-25(13-15-26)30-18-19-31(37-29-17-16-28(22-29)36(30)37)33-24-44-39(46-33)34-10-6-20-47(34)2;1-10-9(7-11)8-5-3-2-4-6-8;2*1-4-2-3/h3-5,8-9,12-15,18-19,23-24,28-29,34-35,38,42H,6-7,10-11,16-17,20-22H2,1-2H3,(H,43,45)(H,44,46);2-7,9-10H,1H3;2*2H,1H3/t28?,29?,34?,35-,38-;;;/m0.../s1. The van der Waals surface area contributed by atoms with Crippen molar-refractivity contribution < 1.29 is 28.7 Å². The molecule has 2 bridgehead atoms. The Hall–Kier alpha value is -6.74. The zero-order valence-electron chi connectivity index (χ0n) is 39.7. The number of aldehydes is 1. The maximum Gasteiger partial charge on any atom is 0.292 e. The molecule has 3 fully saturated rings. The van der Waals surface area contributed by atoms with Crippen molar-refractivity contribution >= 4 is 25.1 Å². The van der Waals surface area contributed by atoms with Crippen LogP contribution in [0.4, 0.5) is 0 Å². The Balaban J connectivity index is 0.000000304. The number of methoxy groups -OCH3 is 2. The number of aromatic amines is 2. The molecule has 4 aromatic carbocycles. The number of nitrogens with zero attached hydrogens (tertiary/aromatic N) is 4. The van der Waals surface area contributed by atoms with E-state index in [1.165, 1.54) is 68.7 Å². The number of carbonyl (C=O) groups is 4. The number of nitrogens with one attached hydrogen (secondary N) is 4. The molecule has 4 aliphatic rings. The summed E-state index contributed by atoms with van der Waals surface area (Å²) in [6.45, 7) is 2.63. The number of aromatic nitrogens is 4. The van der Waals surface area contributed by atoms with E-state index in [-0.39, 0.29) is 24.0 Å². The summed E-state index contributed by atoms with van der Waals surface area (Å²) in [5, 5.41) is 6.14. The maximum atomic E-state index is 13.7. The third-order valence-corrected chi connectivity index (χ3v) is 13.7. The van der Waals surface area contributed by atoms with Crippen LogP contribution in [-0.4, -0.2) is 103 Å². The van der Waals surface area contributed by atoms with Crippen LogP contribution in [0, 0.1) is 0 Å². The number of carbonyl (C=O) groups excluding carboxylic acids is 4. The molecule has 6 aromatic rings. The number of fused-ring (bicyclic) bond motifs is 5. The number of likely N-dealkylation sites (N-methyl/N-ethyl adjacent to an activating group) is 2. The van der Waals surface area contributed by atoms with E-state index in [2.05, 4.69) is 84.6 Å². The third kappa shape index (κ3) is 11.0. The van der Waals surface area contributed by atoms with E-state index in [0.717, 1.165) is 66.3 Å². The number of benzene rings is 4. The molecular formula is C54H64N8O6. The molecule has 14 heteroatoms. The van der Waals surface area contributed by atoms with Gasteiger partial charge in [0, 0.05) is 12.1 Å². The van der Waals surface area contributed by atoms with E-state index in [0.29, 0.717) is 30.8 Å². The Bertz CT molecular complexity index is 2560. The highest BCUT2D eigenvalue weighted by molar-refractivity contribution is 5.84. The third-order valence-electron chi connectivity index (χ3n) is 13.7. The van der Waals surface area contributed by atoms with Crippen LogP contribution in [0.3, 0.4) is 0 Å². The molecule has 10 rings (SSSR count). The summed E-state index contributed by atoms with van der Waals surface area (Å²) in [6.07, 6.45) is 13.0. The summed E-state index contributed by atoms with van der Waals surface area (Å²) in [4.78, 5) is 63.5. The van der Waals surface area contributed by atoms with Gasteiger partial charge in [-0.25, -0.2) is 9.97 Å². The summed E-state index contributed by atoms with van der Waals surface area (Å²) >= 11 is 0. The van der Waals surface area contributed by atoms with Crippen LogP contribution >= 0.6 is 0 Å². The second-order valence-electron chi connectivity index (χ2n) is 17.6. The van der Waals surface area contributed by atoms with Crippen LogP contribution in [0.15, 0.2) is 109 Å². The van der Waals surface area contributed by atoms with Gasteiger partial charge in [-0.05, 0) is 123 Å². The van der Waals surface area contributed by atoms with Crippen molar-refractivity contribution in [3.8, 4) is 33.6 Å². The minimum Gasteiger partial charge on any atom is -0.471 e. The van der Waals surface area contributed by atoms with Gasteiger partial charge in [-0.2, -0.15) is 0 Å². The highest BCUT2D eigenvalue weighted by Crippen LogP contribution is 2.58. The van der Waals surface area contributed by atoms with Gasteiger partial charge in [-0.3, -0.25) is 19.3 Å². The average Bonchev–Trinajstić information content (AvgIpc) is 4.27. The largest absolute Gasteiger partial charge is 0.471 e. The van der Waals surface area contributed by atoms with Gasteiger partial charge in [0.2, 0.25) is 5.91 Å². The first-order chi connectivity index (χ1) is 33.3. The minimum atomic E-state index is -0.370. The van der Waals surface area contributed by atoms with Crippen molar-refractivity contribution in [1.82, 2.24) is 40.4 Å². The lowest BCUT2D eigenvalue weighted by atomic mass is 9.82. The van der Waals surface area contributed by atoms with Crippen LogP contribution in [0.25, 0.3) is 33.6 Å². The van der Waals surface area contributed by atoms with Crippen LogP contribution in [0.5, 0.6) is 0 Å². The smallest absolute Gasteiger partial charge is 0.292 e. The Morgan fingerprint density at radius 2 is 1.19 bits per heavy atom. The lowest BCUT2D eigenvalue weighted by molar-refractivity contribution is -0.134. The van der Waals surface area contributed by atoms with Crippen LogP contribution in [0.1, 0.15) is 115 Å². The topological polar surface area (TPSA) is 175 Å². The van der Waals surface area contributed by atoms with Gasteiger partial charge in [-0.1, -0.05) is 97.1 Å². The van der Waals surface area contributed by atoms with E-state index < -0.39 is 0 Å². The molecular weight excluding hydrogens is 857 g/mol. The van der Waals surface area contributed by atoms with Crippen LogP contribution in [0.2, 0.25) is 0 Å². The zero-order chi connectivity index (χ0) is 48.0. The van der Waals surface area contributed by atoms with E-state index in [9.17, 15) is 9.59 Å². The van der Waals surface area contributed by atoms with Crippen molar-refractivity contribution in [3.05, 3.63) is 143 Å². The number of likely N-dealkylation sites (tertiary alicyclic amines) is 2. The van der Waals surface area contributed by atoms with Crippen molar-refractivity contribution in [2.45, 2.75) is 80.9 Å². The molecule has 2 aromatic heterocycles. The molecule has 1 amide bonds. The van der Waals surface area contributed by atoms with Crippen LogP contribution in [-0.2, 0) is 28.7 Å². The summed E-state index contributed by atoms with van der Waals surface area (Å²) in [7, 11) is 8.46. The van der Waals surface area contributed by atoms with Crippen molar-refractivity contribution in [2.75, 3.05) is 48.5 Å². The molecule has 14 nitrogen and oxygen atoms in total. The predicted molar refractivity (Wildman–Crippen MR) is 263 cm³/mol. The molecule has 0 spiro atoms. The molecule has 6 atom stereocenters. The molecule has 4 heterocycles. The summed E-state index contributed by atoms with van der Waals surface area (Å²) in [6, 6.07) is 33.0. The summed E-state index contributed by atoms with van der Waals surface area (Å²) in [5.74, 6) is 3.33. The number of hydrogen-bond donors (Lipinski definition) is 4. The molecule has 68 heavy (non-hydrogen) atoms. The molecule has 2 aliphatic heterocycles. The minimum absolute atomic E-state index is 0.0540. The summed E-state index contributed by atoms with van der Waals surface area (Å²) in [5.41, 5.74) is 12.3. The molecule has 4 N–H and O–H groups in total. The number of ether oxygens (including phenoxy) is 2. The predicted octanol–water partition coefficient (Wildman–Crippen LogP) is 8.61. The molecule has 356 valence electrons. The first kappa shape index (κ1) is 49.2. The van der Waals surface area contributed by atoms with Gasteiger partial charge < -0.3 is 39.8 Å². The van der Waals surface area contributed by atoms with Gasteiger partial charge in [0.1, 0.15) is 24.0 Å². The van der Waals surface area contributed by atoms with E-state index >= 15 is 0 Å². The van der Waals surface area contributed by atoms with Crippen LogP contribution < -0.4 is 10.6 Å². The first-order valence-electron chi connectivity index (χ1n) is 23.5. The number of H-pyrrole nitrogens is 2. The normalized spacial score (nSPS) is 19.8.